The number of rotatable bonds is 5. The number of carboxylic acid groups (broad SMARTS) is 1. The van der Waals surface area contributed by atoms with Crippen molar-refractivity contribution in [3.8, 4) is 5.75 Å². The van der Waals surface area contributed by atoms with Crippen molar-refractivity contribution in [2.45, 2.75) is 39.2 Å². The van der Waals surface area contributed by atoms with E-state index in [9.17, 15) is 4.79 Å². The van der Waals surface area contributed by atoms with Gasteiger partial charge >= 0.3 is 5.97 Å². The molecule has 1 aromatic rings. The first-order valence-electron chi connectivity index (χ1n) is 5.54. The Kier molecular flexibility index (Phi) is 4.35. The molecule has 3 nitrogen and oxygen atoms in total. The van der Waals surface area contributed by atoms with Gasteiger partial charge in [-0.1, -0.05) is 32.0 Å². The number of para-hydroxylation sites is 1. The van der Waals surface area contributed by atoms with E-state index in [0.29, 0.717) is 11.7 Å². The van der Waals surface area contributed by atoms with E-state index < -0.39 is 12.1 Å². The summed E-state index contributed by atoms with van der Waals surface area (Å²) in [5, 5.41) is 8.81. The summed E-state index contributed by atoms with van der Waals surface area (Å²) in [6, 6.07) is 7.61. The molecule has 16 heavy (non-hydrogen) atoms. The molecule has 2 atom stereocenters. The van der Waals surface area contributed by atoms with Gasteiger partial charge in [-0.25, -0.2) is 4.79 Å². The zero-order valence-electron chi connectivity index (χ0n) is 9.93. The molecule has 0 aliphatic carbocycles. The number of carbonyl (C=O) groups is 1. The quantitative estimate of drug-likeness (QED) is 0.832. The van der Waals surface area contributed by atoms with Crippen molar-refractivity contribution < 1.29 is 14.6 Å². The van der Waals surface area contributed by atoms with Gasteiger partial charge in [0.1, 0.15) is 5.75 Å². The van der Waals surface area contributed by atoms with Crippen molar-refractivity contribution in [2.75, 3.05) is 0 Å². The highest BCUT2D eigenvalue weighted by Gasteiger charge is 2.16. The Labute approximate surface area is 96.1 Å². The topological polar surface area (TPSA) is 46.5 Å². The largest absolute Gasteiger partial charge is 0.479 e. The highest BCUT2D eigenvalue weighted by atomic mass is 16.5. The molecule has 0 bridgehead atoms. The molecule has 0 radical (unpaired) electrons. The van der Waals surface area contributed by atoms with Crippen molar-refractivity contribution in [3.05, 3.63) is 29.8 Å². The van der Waals surface area contributed by atoms with Crippen LogP contribution in [-0.4, -0.2) is 17.2 Å². The zero-order valence-corrected chi connectivity index (χ0v) is 9.93. The maximum absolute atomic E-state index is 10.7. The second kappa shape index (κ2) is 5.54. The van der Waals surface area contributed by atoms with Gasteiger partial charge in [0, 0.05) is 0 Å². The molecule has 1 aromatic carbocycles. The molecule has 0 aliphatic heterocycles. The van der Waals surface area contributed by atoms with Gasteiger partial charge in [0.2, 0.25) is 0 Å². The van der Waals surface area contributed by atoms with Crippen LogP contribution < -0.4 is 4.74 Å². The summed E-state index contributed by atoms with van der Waals surface area (Å²) in [5.41, 5.74) is 1.07. The molecule has 0 saturated carbocycles. The van der Waals surface area contributed by atoms with Crippen LogP contribution in [0.3, 0.4) is 0 Å². The van der Waals surface area contributed by atoms with Gasteiger partial charge in [0.25, 0.3) is 0 Å². The normalized spacial score (nSPS) is 14.2. The molecule has 88 valence electrons. The first-order valence-corrected chi connectivity index (χ1v) is 5.54. The molecule has 0 heterocycles. The molecule has 3 heteroatoms. The second-order valence-corrected chi connectivity index (χ2v) is 3.95. The monoisotopic (exact) mass is 222 g/mol. The molecular formula is C13H18O3. The lowest BCUT2D eigenvalue weighted by Crippen LogP contribution is -2.23. The van der Waals surface area contributed by atoms with E-state index in [0.717, 1.165) is 12.0 Å². The van der Waals surface area contributed by atoms with E-state index in [1.807, 2.05) is 24.3 Å². The predicted molar refractivity (Wildman–Crippen MR) is 62.9 cm³/mol. The third kappa shape index (κ3) is 2.99. The summed E-state index contributed by atoms with van der Waals surface area (Å²) < 4.78 is 5.43. The van der Waals surface area contributed by atoms with Crippen molar-refractivity contribution in [1.29, 1.82) is 0 Å². The second-order valence-electron chi connectivity index (χ2n) is 3.95. The Morgan fingerprint density at radius 1 is 1.38 bits per heavy atom. The fraction of sp³-hybridized carbons (Fsp3) is 0.462. The highest BCUT2D eigenvalue weighted by Crippen LogP contribution is 2.28. The van der Waals surface area contributed by atoms with Gasteiger partial charge in [-0.15, -0.1) is 0 Å². The minimum Gasteiger partial charge on any atom is -0.479 e. The Morgan fingerprint density at radius 3 is 2.56 bits per heavy atom. The maximum Gasteiger partial charge on any atom is 0.344 e. The van der Waals surface area contributed by atoms with Crippen LogP contribution in [0.15, 0.2) is 24.3 Å². The first-order chi connectivity index (χ1) is 7.56. The van der Waals surface area contributed by atoms with E-state index in [4.69, 9.17) is 9.84 Å². The smallest absolute Gasteiger partial charge is 0.344 e. The number of aliphatic carboxylic acids is 1. The third-order valence-corrected chi connectivity index (χ3v) is 2.71. The van der Waals surface area contributed by atoms with E-state index in [2.05, 4.69) is 13.8 Å². The number of ether oxygens (including phenoxy) is 1. The lowest BCUT2D eigenvalue weighted by Gasteiger charge is -2.17. The van der Waals surface area contributed by atoms with Gasteiger partial charge in [-0.2, -0.15) is 0 Å². The van der Waals surface area contributed by atoms with Gasteiger partial charge in [0.05, 0.1) is 0 Å². The van der Waals surface area contributed by atoms with E-state index in [-0.39, 0.29) is 0 Å². The minimum absolute atomic E-state index is 0.372. The third-order valence-electron chi connectivity index (χ3n) is 2.71. The SMILES string of the molecule is CCC(C)c1ccccc1O[C@@H](C)C(=O)O. The Balaban J connectivity index is 2.90. The van der Waals surface area contributed by atoms with Gasteiger partial charge in [-0.05, 0) is 30.9 Å². The van der Waals surface area contributed by atoms with Crippen LogP contribution in [0.1, 0.15) is 38.7 Å². The standard InChI is InChI=1S/C13H18O3/c1-4-9(2)11-7-5-6-8-12(11)16-10(3)13(14)15/h5-10H,4H2,1-3H3,(H,14,15)/t9?,10-/m0/s1. The molecular weight excluding hydrogens is 204 g/mol. The molecule has 1 rings (SSSR count). The summed E-state index contributed by atoms with van der Waals surface area (Å²) >= 11 is 0. The van der Waals surface area contributed by atoms with Gasteiger partial charge < -0.3 is 9.84 Å². The zero-order chi connectivity index (χ0) is 12.1. The van der Waals surface area contributed by atoms with Crippen molar-refractivity contribution in [3.63, 3.8) is 0 Å². The lowest BCUT2D eigenvalue weighted by molar-refractivity contribution is -0.144. The molecule has 0 aliphatic rings. The molecule has 1 unspecified atom stereocenters. The average molecular weight is 222 g/mol. The Bertz CT molecular complexity index is 360. The average Bonchev–Trinajstić information content (AvgIpc) is 2.28. The van der Waals surface area contributed by atoms with Crippen LogP contribution in [0.4, 0.5) is 0 Å². The van der Waals surface area contributed by atoms with E-state index in [1.54, 1.807) is 0 Å². The number of benzene rings is 1. The van der Waals surface area contributed by atoms with Gasteiger partial charge in [-0.3, -0.25) is 0 Å². The first kappa shape index (κ1) is 12.6. The van der Waals surface area contributed by atoms with Crippen molar-refractivity contribution in [2.24, 2.45) is 0 Å². The molecule has 0 aromatic heterocycles. The minimum atomic E-state index is -0.945. The predicted octanol–water partition coefficient (Wildman–Crippen LogP) is 3.05. The molecule has 0 fully saturated rings. The van der Waals surface area contributed by atoms with E-state index >= 15 is 0 Å². The highest BCUT2D eigenvalue weighted by molar-refractivity contribution is 5.72. The van der Waals surface area contributed by atoms with Crippen LogP contribution in [0.5, 0.6) is 5.75 Å². The van der Waals surface area contributed by atoms with Crippen molar-refractivity contribution >= 4 is 5.97 Å². The maximum atomic E-state index is 10.7. The molecule has 0 amide bonds. The van der Waals surface area contributed by atoms with Crippen molar-refractivity contribution in [1.82, 2.24) is 0 Å². The number of hydrogen-bond acceptors (Lipinski definition) is 2. The summed E-state index contributed by atoms with van der Waals surface area (Å²) in [6.07, 6.45) is 0.187. The number of hydrogen-bond donors (Lipinski definition) is 1. The van der Waals surface area contributed by atoms with Crippen LogP contribution in [0.2, 0.25) is 0 Å². The Hall–Kier alpha value is -1.51. The van der Waals surface area contributed by atoms with Crippen LogP contribution in [-0.2, 0) is 4.79 Å². The van der Waals surface area contributed by atoms with Gasteiger partial charge in [0.15, 0.2) is 6.10 Å². The summed E-state index contributed by atoms with van der Waals surface area (Å²) in [7, 11) is 0. The van der Waals surface area contributed by atoms with Crippen LogP contribution in [0.25, 0.3) is 0 Å². The summed E-state index contributed by atoms with van der Waals surface area (Å²) in [4.78, 5) is 10.7. The van der Waals surface area contributed by atoms with E-state index in [1.165, 1.54) is 6.92 Å². The molecule has 0 spiro atoms. The molecule has 1 N–H and O–H groups in total. The summed E-state index contributed by atoms with van der Waals surface area (Å²) in [5.74, 6) is 0.0999. The summed E-state index contributed by atoms with van der Waals surface area (Å²) in [6.45, 7) is 5.74. The number of carboxylic acids is 1. The van der Waals surface area contributed by atoms with Crippen LogP contribution in [0, 0.1) is 0 Å². The van der Waals surface area contributed by atoms with Crippen LogP contribution >= 0.6 is 0 Å². The fourth-order valence-electron chi connectivity index (χ4n) is 1.46. The lowest BCUT2D eigenvalue weighted by atomic mass is 9.98. The molecule has 0 saturated heterocycles. The fourth-order valence-corrected chi connectivity index (χ4v) is 1.46. The Morgan fingerprint density at radius 2 is 2.00 bits per heavy atom.